The average Bonchev–Trinajstić information content (AvgIpc) is 2.84. The molecule has 0 heterocycles. The molecule has 5 heteroatoms. The molecule has 3 aliphatic rings. The molecule has 0 saturated heterocycles. The van der Waals surface area contributed by atoms with Crippen LogP contribution < -0.4 is 4.74 Å². The predicted molar refractivity (Wildman–Crippen MR) is 111 cm³/mol. The van der Waals surface area contributed by atoms with Crippen LogP contribution in [0.5, 0.6) is 5.75 Å². The van der Waals surface area contributed by atoms with Gasteiger partial charge in [0.25, 0.3) is 0 Å². The third-order valence-corrected chi connectivity index (χ3v) is 8.28. The van der Waals surface area contributed by atoms with Crippen molar-refractivity contribution in [2.24, 2.45) is 11.3 Å². The van der Waals surface area contributed by atoms with Gasteiger partial charge in [-0.1, -0.05) is 6.07 Å². The van der Waals surface area contributed by atoms with Crippen LogP contribution >= 0.6 is 0 Å². The van der Waals surface area contributed by atoms with E-state index >= 15 is 0 Å². The fraction of sp³-hybridized carbons (Fsp3) is 0.652. The van der Waals surface area contributed by atoms with E-state index in [1.807, 2.05) is 12.1 Å². The minimum absolute atomic E-state index is 0.283. The number of fused-ring (bicyclic) bond motifs is 5. The first kappa shape index (κ1) is 19.8. The summed E-state index contributed by atoms with van der Waals surface area (Å²) in [6.07, 6.45) is 5.45. The van der Waals surface area contributed by atoms with Crippen molar-refractivity contribution in [2.75, 3.05) is 0 Å². The Morgan fingerprint density at radius 1 is 1.14 bits per heavy atom. The lowest BCUT2D eigenvalue weighted by Crippen LogP contribution is -2.61. The maximum absolute atomic E-state index is 13.0. The number of aryl methyl sites for hydroxylation is 1. The standard InChI is InChI=1S/C23H32O4Si/c1-15(24)26-17-7-8-18-16(14-17)6-9-20-19(18)10-12-22(2)21(25)11-13-23(20,22)27-28(3,4)5/h7-8,14,19-20H,6,9-13H2,1-5H3. The first-order chi connectivity index (χ1) is 13.1. The molecule has 2 fully saturated rings. The molecule has 0 aromatic heterocycles. The lowest BCUT2D eigenvalue weighted by molar-refractivity contribution is -0.151. The monoisotopic (exact) mass is 400 g/mol. The molecule has 0 N–H and O–H groups in total. The van der Waals surface area contributed by atoms with Crippen LogP contribution in [0.15, 0.2) is 18.2 Å². The van der Waals surface area contributed by atoms with Crippen LogP contribution in [0.3, 0.4) is 0 Å². The molecule has 1 aromatic rings. The predicted octanol–water partition coefficient (Wildman–Crippen LogP) is 5.01. The van der Waals surface area contributed by atoms with Gasteiger partial charge in [0.15, 0.2) is 8.32 Å². The van der Waals surface area contributed by atoms with Crippen LogP contribution in [-0.4, -0.2) is 25.7 Å². The molecule has 3 aliphatic carbocycles. The van der Waals surface area contributed by atoms with Gasteiger partial charge in [0.1, 0.15) is 11.5 Å². The molecule has 0 spiro atoms. The van der Waals surface area contributed by atoms with Gasteiger partial charge in [0.2, 0.25) is 0 Å². The second-order valence-corrected chi connectivity index (χ2v) is 14.5. The number of hydrogen-bond donors (Lipinski definition) is 0. The van der Waals surface area contributed by atoms with Crippen molar-refractivity contribution >= 4 is 20.1 Å². The molecule has 0 radical (unpaired) electrons. The number of ether oxygens (including phenoxy) is 1. The van der Waals surface area contributed by atoms with E-state index in [0.717, 1.165) is 32.1 Å². The largest absolute Gasteiger partial charge is 0.427 e. The van der Waals surface area contributed by atoms with Crippen molar-refractivity contribution < 1.29 is 18.8 Å². The van der Waals surface area contributed by atoms with Crippen molar-refractivity contribution in [3.8, 4) is 5.75 Å². The van der Waals surface area contributed by atoms with Gasteiger partial charge in [-0.15, -0.1) is 0 Å². The maximum Gasteiger partial charge on any atom is 0.308 e. The molecule has 1 aromatic carbocycles. The molecule has 4 nitrogen and oxygen atoms in total. The van der Waals surface area contributed by atoms with Crippen LogP contribution in [0.2, 0.25) is 19.6 Å². The Labute approximate surface area is 169 Å². The fourth-order valence-corrected chi connectivity index (χ4v) is 7.87. The smallest absolute Gasteiger partial charge is 0.308 e. The van der Waals surface area contributed by atoms with E-state index in [9.17, 15) is 9.59 Å². The van der Waals surface area contributed by atoms with E-state index in [0.29, 0.717) is 29.8 Å². The lowest BCUT2D eigenvalue weighted by Gasteiger charge is -2.58. The zero-order chi connectivity index (χ0) is 20.3. The summed E-state index contributed by atoms with van der Waals surface area (Å²) in [6, 6.07) is 6.10. The van der Waals surface area contributed by atoms with Crippen LogP contribution in [0.4, 0.5) is 0 Å². The van der Waals surface area contributed by atoms with E-state index in [-0.39, 0.29) is 17.0 Å². The summed E-state index contributed by atoms with van der Waals surface area (Å²) in [4.78, 5) is 24.3. The van der Waals surface area contributed by atoms with Crippen molar-refractivity contribution in [1.82, 2.24) is 0 Å². The van der Waals surface area contributed by atoms with Crippen molar-refractivity contribution in [3.05, 3.63) is 29.3 Å². The number of carbonyl (C=O) groups is 2. The van der Waals surface area contributed by atoms with Crippen LogP contribution in [0.25, 0.3) is 0 Å². The molecular weight excluding hydrogens is 368 g/mol. The highest BCUT2D eigenvalue weighted by molar-refractivity contribution is 6.69. The van der Waals surface area contributed by atoms with Gasteiger partial charge in [-0.2, -0.15) is 0 Å². The molecule has 0 aliphatic heterocycles. The molecule has 4 rings (SSSR count). The number of ketones is 1. The molecule has 28 heavy (non-hydrogen) atoms. The highest BCUT2D eigenvalue weighted by atomic mass is 28.4. The Hall–Kier alpha value is -1.46. The van der Waals surface area contributed by atoms with Crippen LogP contribution in [0.1, 0.15) is 63.0 Å². The van der Waals surface area contributed by atoms with E-state index < -0.39 is 8.32 Å². The highest BCUT2D eigenvalue weighted by Crippen LogP contribution is 2.64. The Bertz CT molecular complexity index is 826. The van der Waals surface area contributed by atoms with E-state index in [1.165, 1.54) is 18.1 Å². The number of hydrogen-bond acceptors (Lipinski definition) is 4. The number of esters is 1. The topological polar surface area (TPSA) is 52.6 Å². The Kier molecular flexibility index (Phi) is 4.62. The van der Waals surface area contributed by atoms with Gasteiger partial charge in [-0.05, 0) is 93.8 Å². The van der Waals surface area contributed by atoms with Gasteiger partial charge >= 0.3 is 5.97 Å². The van der Waals surface area contributed by atoms with Gasteiger partial charge in [0, 0.05) is 13.3 Å². The van der Waals surface area contributed by atoms with E-state index in [1.54, 1.807) is 0 Å². The van der Waals surface area contributed by atoms with Gasteiger partial charge < -0.3 is 9.16 Å². The van der Waals surface area contributed by atoms with E-state index in [2.05, 4.69) is 32.6 Å². The maximum atomic E-state index is 13.0. The normalized spacial score (nSPS) is 34.4. The second kappa shape index (κ2) is 6.53. The van der Waals surface area contributed by atoms with E-state index in [4.69, 9.17) is 9.16 Å². The van der Waals surface area contributed by atoms with Crippen LogP contribution in [0, 0.1) is 11.3 Å². The Morgan fingerprint density at radius 2 is 1.89 bits per heavy atom. The molecule has 0 bridgehead atoms. The van der Waals surface area contributed by atoms with Crippen molar-refractivity contribution in [1.29, 1.82) is 0 Å². The highest BCUT2D eigenvalue weighted by Gasteiger charge is 2.66. The summed E-state index contributed by atoms with van der Waals surface area (Å²) >= 11 is 0. The third kappa shape index (κ3) is 2.98. The van der Waals surface area contributed by atoms with Crippen molar-refractivity contribution in [3.63, 3.8) is 0 Å². The molecular formula is C23H32O4Si. The third-order valence-electron chi connectivity index (χ3n) is 7.30. The first-order valence-electron chi connectivity index (χ1n) is 10.6. The summed E-state index contributed by atoms with van der Waals surface area (Å²) in [5.41, 5.74) is 2.00. The zero-order valence-corrected chi connectivity index (χ0v) is 18.8. The molecule has 0 amide bonds. The number of rotatable bonds is 3. The number of carbonyl (C=O) groups excluding carboxylic acids is 2. The zero-order valence-electron chi connectivity index (χ0n) is 17.8. The molecule has 2 saturated carbocycles. The summed E-state index contributed by atoms with van der Waals surface area (Å²) < 4.78 is 12.3. The molecule has 4 atom stereocenters. The molecule has 152 valence electrons. The summed E-state index contributed by atoms with van der Waals surface area (Å²) in [5.74, 6) is 1.56. The summed E-state index contributed by atoms with van der Waals surface area (Å²) in [5, 5.41) is 0. The Balaban J connectivity index is 1.74. The SMILES string of the molecule is CC(=O)Oc1ccc2c(c1)CCC1C2CCC2(C)C(=O)CCC12O[Si](C)(C)C. The van der Waals surface area contributed by atoms with Crippen molar-refractivity contribution in [2.45, 2.75) is 83.5 Å². The first-order valence-corrected chi connectivity index (χ1v) is 14.0. The quantitative estimate of drug-likeness (QED) is 0.406. The molecule has 4 unspecified atom stereocenters. The van der Waals surface area contributed by atoms with Gasteiger partial charge in [-0.25, -0.2) is 0 Å². The Morgan fingerprint density at radius 3 is 2.57 bits per heavy atom. The minimum Gasteiger partial charge on any atom is -0.427 e. The van der Waals surface area contributed by atoms with Gasteiger partial charge in [0.05, 0.1) is 11.0 Å². The van der Waals surface area contributed by atoms with Gasteiger partial charge in [-0.3, -0.25) is 9.59 Å². The summed E-state index contributed by atoms with van der Waals surface area (Å²) in [6.45, 7) is 10.4. The number of benzene rings is 1. The lowest BCUT2D eigenvalue weighted by atomic mass is 9.53. The van der Waals surface area contributed by atoms with Crippen LogP contribution in [-0.2, 0) is 20.4 Å². The fourth-order valence-electron chi connectivity index (χ4n) is 6.30. The second-order valence-electron chi connectivity index (χ2n) is 10.1. The number of Topliss-reactive ketones (excluding diaryl/α,β-unsaturated/α-hetero) is 1. The average molecular weight is 401 g/mol. The summed E-state index contributed by atoms with van der Waals surface area (Å²) in [7, 11) is -1.82. The minimum atomic E-state index is -1.82.